The first-order valence-electron chi connectivity index (χ1n) is 6.36. The fraction of sp³-hybridized carbons (Fsp3) is 0.429. The van der Waals surface area contributed by atoms with Gasteiger partial charge in [-0.2, -0.15) is 5.10 Å². The van der Waals surface area contributed by atoms with E-state index in [1.54, 1.807) is 35.3 Å². The van der Waals surface area contributed by atoms with Crippen LogP contribution in [0.1, 0.15) is 13.8 Å². The monoisotopic (exact) mass is 295 g/mol. The van der Waals surface area contributed by atoms with Crippen LogP contribution in [0.5, 0.6) is 5.75 Å². The van der Waals surface area contributed by atoms with Gasteiger partial charge in [-0.3, -0.25) is 4.68 Å². The molecule has 0 fully saturated rings. The van der Waals surface area contributed by atoms with E-state index < -0.39 is 6.10 Å². The van der Waals surface area contributed by atoms with E-state index in [9.17, 15) is 5.11 Å². The van der Waals surface area contributed by atoms with E-state index in [4.69, 9.17) is 16.3 Å². The van der Waals surface area contributed by atoms with Crippen LogP contribution in [0.4, 0.5) is 0 Å². The highest BCUT2D eigenvalue weighted by Crippen LogP contribution is 2.24. The zero-order chi connectivity index (χ0) is 14.6. The summed E-state index contributed by atoms with van der Waals surface area (Å²) in [6, 6.07) is 7.06. The Kier molecular flexibility index (Phi) is 4.62. The van der Waals surface area contributed by atoms with Gasteiger partial charge in [0.2, 0.25) is 0 Å². The zero-order valence-electron chi connectivity index (χ0n) is 11.5. The first-order chi connectivity index (χ1) is 9.47. The molecule has 2 rings (SSSR count). The highest BCUT2D eigenvalue weighted by molar-refractivity contribution is 6.30. The van der Waals surface area contributed by atoms with E-state index >= 15 is 0 Å². The standard InChI is InChI=1S/C14H18ClN3O2/c1-14(2,8-18-10-16-9-17-18)13(19)7-20-12-5-3-11(15)4-6-12/h3-6,9-10,13,19H,7-8H2,1-2H3. The van der Waals surface area contributed by atoms with Gasteiger partial charge in [0, 0.05) is 10.4 Å². The summed E-state index contributed by atoms with van der Waals surface area (Å²) in [6.07, 6.45) is 2.49. The lowest BCUT2D eigenvalue weighted by Crippen LogP contribution is -2.38. The highest BCUT2D eigenvalue weighted by atomic mass is 35.5. The fourth-order valence-electron chi connectivity index (χ4n) is 1.77. The molecule has 0 bridgehead atoms. The average molecular weight is 296 g/mol. The van der Waals surface area contributed by atoms with E-state index in [-0.39, 0.29) is 12.0 Å². The Bertz CT molecular complexity index is 526. The van der Waals surface area contributed by atoms with Crippen LogP contribution >= 0.6 is 11.6 Å². The van der Waals surface area contributed by atoms with Crippen LogP contribution < -0.4 is 4.74 Å². The molecular weight excluding hydrogens is 278 g/mol. The second kappa shape index (κ2) is 6.24. The molecule has 0 amide bonds. The van der Waals surface area contributed by atoms with Gasteiger partial charge in [0.05, 0.1) is 12.6 Å². The lowest BCUT2D eigenvalue weighted by atomic mass is 9.87. The Morgan fingerprint density at radius 3 is 2.65 bits per heavy atom. The summed E-state index contributed by atoms with van der Waals surface area (Å²) < 4.78 is 7.27. The van der Waals surface area contributed by atoms with E-state index in [0.29, 0.717) is 17.3 Å². The van der Waals surface area contributed by atoms with Gasteiger partial charge in [0.25, 0.3) is 0 Å². The number of nitrogens with zero attached hydrogens (tertiary/aromatic N) is 3. The number of aromatic nitrogens is 3. The van der Waals surface area contributed by atoms with Gasteiger partial charge in [-0.1, -0.05) is 25.4 Å². The summed E-state index contributed by atoms with van der Waals surface area (Å²) >= 11 is 5.81. The van der Waals surface area contributed by atoms with E-state index in [2.05, 4.69) is 10.1 Å². The zero-order valence-corrected chi connectivity index (χ0v) is 12.3. The topological polar surface area (TPSA) is 60.2 Å². The molecular formula is C14H18ClN3O2. The van der Waals surface area contributed by atoms with E-state index in [1.165, 1.54) is 6.33 Å². The molecule has 0 aliphatic heterocycles. The minimum absolute atomic E-state index is 0.212. The minimum atomic E-state index is -0.623. The first-order valence-corrected chi connectivity index (χ1v) is 6.74. The molecule has 0 spiro atoms. The average Bonchev–Trinajstić information content (AvgIpc) is 2.89. The van der Waals surface area contributed by atoms with Crippen LogP contribution in [0, 0.1) is 5.41 Å². The first kappa shape index (κ1) is 14.8. The minimum Gasteiger partial charge on any atom is -0.491 e. The van der Waals surface area contributed by atoms with Gasteiger partial charge in [0.15, 0.2) is 0 Å². The molecule has 2 aromatic rings. The third-order valence-corrected chi connectivity index (χ3v) is 3.41. The third-order valence-electron chi connectivity index (χ3n) is 3.16. The highest BCUT2D eigenvalue weighted by Gasteiger charge is 2.29. The maximum absolute atomic E-state index is 10.3. The Balaban J connectivity index is 1.89. The van der Waals surface area contributed by atoms with Crippen molar-refractivity contribution in [2.24, 2.45) is 5.41 Å². The van der Waals surface area contributed by atoms with Crippen molar-refractivity contribution < 1.29 is 9.84 Å². The van der Waals surface area contributed by atoms with Crippen molar-refractivity contribution in [1.29, 1.82) is 0 Å². The maximum atomic E-state index is 10.3. The molecule has 0 aliphatic carbocycles. The van der Waals surface area contributed by atoms with Gasteiger partial charge < -0.3 is 9.84 Å². The fourth-order valence-corrected chi connectivity index (χ4v) is 1.89. The summed E-state index contributed by atoms with van der Waals surface area (Å²) in [6.45, 7) is 4.70. The molecule has 0 saturated carbocycles. The smallest absolute Gasteiger partial charge is 0.137 e. The van der Waals surface area contributed by atoms with Crippen molar-refractivity contribution in [2.45, 2.75) is 26.5 Å². The summed E-state index contributed by atoms with van der Waals surface area (Å²) in [7, 11) is 0. The molecule has 20 heavy (non-hydrogen) atoms. The molecule has 6 heteroatoms. The predicted molar refractivity (Wildman–Crippen MR) is 76.8 cm³/mol. The molecule has 5 nitrogen and oxygen atoms in total. The molecule has 0 aliphatic rings. The number of hydrogen-bond donors (Lipinski definition) is 1. The van der Waals surface area contributed by atoms with Gasteiger partial charge >= 0.3 is 0 Å². The summed E-state index contributed by atoms with van der Waals surface area (Å²) in [5.74, 6) is 0.685. The molecule has 1 aromatic carbocycles. The Morgan fingerprint density at radius 2 is 2.05 bits per heavy atom. The number of ether oxygens (including phenoxy) is 1. The lowest BCUT2D eigenvalue weighted by Gasteiger charge is -2.30. The Hall–Kier alpha value is -1.59. The molecule has 0 radical (unpaired) electrons. The molecule has 0 saturated heterocycles. The maximum Gasteiger partial charge on any atom is 0.137 e. The SMILES string of the molecule is CC(C)(Cn1cncn1)C(O)COc1ccc(Cl)cc1. The number of benzene rings is 1. The quantitative estimate of drug-likeness (QED) is 0.889. The van der Waals surface area contributed by atoms with Crippen molar-refractivity contribution in [1.82, 2.24) is 14.8 Å². The van der Waals surface area contributed by atoms with Gasteiger partial charge in [0.1, 0.15) is 25.0 Å². The van der Waals surface area contributed by atoms with Crippen LogP contribution in [-0.4, -0.2) is 32.6 Å². The van der Waals surface area contributed by atoms with E-state index in [0.717, 1.165) is 0 Å². The van der Waals surface area contributed by atoms with Crippen LogP contribution in [0.3, 0.4) is 0 Å². The summed E-state index contributed by atoms with van der Waals surface area (Å²) in [5, 5.41) is 15.0. The number of hydrogen-bond acceptors (Lipinski definition) is 4. The van der Waals surface area contributed by atoms with Crippen LogP contribution in [0.2, 0.25) is 5.02 Å². The van der Waals surface area contributed by atoms with Crippen molar-refractivity contribution in [3.05, 3.63) is 41.9 Å². The number of aliphatic hydroxyl groups excluding tert-OH is 1. The Morgan fingerprint density at radius 1 is 1.35 bits per heavy atom. The van der Waals surface area contributed by atoms with Crippen LogP contribution in [0.15, 0.2) is 36.9 Å². The van der Waals surface area contributed by atoms with Crippen molar-refractivity contribution >= 4 is 11.6 Å². The molecule has 1 heterocycles. The second-order valence-electron chi connectivity index (χ2n) is 5.36. The number of aliphatic hydroxyl groups is 1. The second-order valence-corrected chi connectivity index (χ2v) is 5.80. The van der Waals surface area contributed by atoms with Crippen LogP contribution in [0.25, 0.3) is 0 Å². The normalized spacial score (nSPS) is 13.2. The lowest BCUT2D eigenvalue weighted by molar-refractivity contribution is 0.000413. The van der Waals surface area contributed by atoms with Crippen molar-refractivity contribution in [3.63, 3.8) is 0 Å². The number of halogens is 1. The molecule has 108 valence electrons. The van der Waals surface area contributed by atoms with Crippen molar-refractivity contribution in [3.8, 4) is 5.75 Å². The van der Waals surface area contributed by atoms with E-state index in [1.807, 2.05) is 13.8 Å². The predicted octanol–water partition coefficient (Wildman–Crippen LogP) is 2.40. The van der Waals surface area contributed by atoms with Crippen LogP contribution in [-0.2, 0) is 6.54 Å². The number of rotatable bonds is 6. The Labute approximate surface area is 123 Å². The molecule has 1 N–H and O–H groups in total. The van der Waals surface area contributed by atoms with Crippen molar-refractivity contribution in [2.75, 3.05) is 6.61 Å². The molecule has 1 atom stereocenters. The van der Waals surface area contributed by atoms with Gasteiger partial charge in [-0.25, -0.2) is 4.98 Å². The summed E-state index contributed by atoms with van der Waals surface area (Å²) in [4.78, 5) is 3.89. The third kappa shape index (κ3) is 3.95. The molecule has 1 unspecified atom stereocenters. The largest absolute Gasteiger partial charge is 0.491 e. The van der Waals surface area contributed by atoms with Gasteiger partial charge in [-0.05, 0) is 24.3 Å². The van der Waals surface area contributed by atoms with Gasteiger partial charge in [-0.15, -0.1) is 0 Å². The molecule has 1 aromatic heterocycles. The summed E-state index contributed by atoms with van der Waals surface area (Å²) in [5.41, 5.74) is -0.375.